The topological polar surface area (TPSA) is 80.9 Å². The van der Waals surface area contributed by atoms with Crippen LogP contribution in [0.25, 0.3) is 0 Å². The normalized spacial score (nSPS) is 45.8. The maximum atomic E-state index is 9.23. The first kappa shape index (κ1) is 8.93. The van der Waals surface area contributed by atoms with Gasteiger partial charge >= 0.3 is 0 Å². The van der Waals surface area contributed by atoms with Crippen molar-refractivity contribution >= 4 is 0 Å². The zero-order valence-electron chi connectivity index (χ0n) is 6.22. The van der Waals surface area contributed by atoms with Gasteiger partial charge in [0.2, 0.25) is 0 Å². The first-order chi connectivity index (χ1) is 5.15. The van der Waals surface area contributed by atoms with E-state index >= 15 is 0 Å². The lowest BCUT2D eigenvalue weighted by atomic mass is 9.83. The first-order valence-electron chi connectivity index (χ1n) is 3.80. The van der Waals surface area contributed by atoms with Gasteiger partial charge in [0.05, 0.1) is 18.3 Å². The monoisotopic (exact) mass is 162 g/mol. The van der Waals surface area contributed by atoms with Gasteiger partial charge in [-0.1, -0.05) is 0 Å². The molecule has 0 aliphatic heterocycles. The molecule has 4 atom stereocenters. The predicted octanol–water partition coefficient (Wildman–Crippen LogP) is -1.53. The van der Waals surface area contributed by atoms with Crippen LogP contribution in [-0.4, -0.2) is 45.3 Å². The van der Waals surface area contributed by atoms with Gasteiger partial charge in [-0.3, -0.25) is 0 Å². The Morgan fingerprint density at radius 2 is 1.73 bits per heavy atom. The van der Waals surface area contributed by atoms with Crippen LogP contribution in [0.2, 0.25) is 0 Å². The van der Waals surface area contributed by atoms with Crippen molar-refractivity contribution in [3.63, 3.8) is 0 Å². The Kier molecular flexibility index (Phi) is 2.84. The minimum atomic E-state index is -0.893. The van der Waals surface area contributed by atoms with E-state index in [9.17, 15) is 5.11 Å². The van der Waals surface area contributed by atoms with Crippen LogP contribution in [0.15, 0.2) is 0 Å². The largest absolute Gasteiger partial charge is 0.396 e. The molecule has 1 aliphatic rings. The Balaban J connectivity index is 2.51. The molecule has 66 valence electrons. The quantitative estimate of drug-likeness (QED) is 0.377. The number of hydrogen-bond donors (Lipinski definition) is 4. The van der Waals surface area contributed by atoms with E-state index in [0.717, 1.165) is 0 Å². The smallest absolute Gasteiger partial charge is 0.0851 e. The summed E-state index contributed by atoms with van der Waals surface area (Å²) in [7, 11) is 0. The highest BCUT2D eigenvalue weighted by atomic mass is 16.3. The summed E-state index contributed by atoms with van der Waals surface area (Å²) >= 11 is 0. The van der Waals surface area contributed by atoms with Gasteiger partial charge in [-0.15, -0.1) is 0 Å². The molecule has 0 amide bonds. The van der Waals surface area contributed by atoms with Gasteiger partial charge in [0, 0.05) is 18.9 Å². The Morgan fingerprint density at radius 3 is 2.27 bits per heavy atom. The van der Waals surface area contributed by atoms with Gasteiger partial charge in [-0.05, 0) is 6.42 Å². The summed E-state index contributed by atoms with van der Waals surface area (Å²) in [6.45, 7) is -0.185. The van der Waals surface area contributed by atoms with Crippen molar-refractivity contribution in [3.05, 3.63) is 0 Å². The van der Waals surface area contributed by atoms with Crippen LogP contribution >= 0.6 is 0 Å². The van der Waals surface area contributed by atoms with Crippen molar-refractivity contribution in [2.45, 2.75) is 31.2 Å². The average molecular weight is 162 g/mol. The summed E-state index contributed by atoms with van der Waals surface area (Å²) in [6.07, 6.45) is -1.79. The SMILES string of the molecule is OC[C@@H]1C[C@H](O)C[C@H](O)[C@H]1O. The van der Waals surface area contributed by atoms with Crippen LogP contribution in [0.3, 0.4) is 0 Å². The molecule has 11 heavy (non-hydrogen) atoms. The summed E-state index contributed by atoms with van der Waals surface area (Å²) in [5, 5.41) is 36.2. The Labute approximate surface area is 65.1 Å². The van der Waals surface area contributed by atoms with E-state index in [1.807, 2.05) is 0 Å². The highest BCUT2D eigenvalue weighted by Crippen LogP contribution is 2.24. The van der Waals surface area contributed by atoms with Crippen molar-refractivity contribution in [2.75, 3.05) is 6.61 Å². The third-order valence-corrected chi connectivity index (χ3v) is 2.20. The minimum absolute atomic E-state index is 0.185. The molecule has 1 saturated carbocycles. The fourth-order valence-electron chi connectivity index (χ4n) is 1.50. The summed E-state index contributed by atoms with van der Waals surface area (Å²) in [5.74, 6) is -0.381. The second-order valence-corrected chi connectivity index (χ2v) is 3.13. The molecule has 0 heterocycles. The van der Waals surface area contributed by atoms with Gasteiger partial charge < -0.3 is 20.4 Å². The van der Waals surface area contributed by atoms with E-state index in [2.05, 4.69) is 0 Å². The molecule has 4 N–H and O–H groups in total. The van der Waals surface area contributed by atoms with E-state index < -0.39 is 18.3 Å². The molecule has 4 nitrogen and oxygen atoms in total. The van der Waals surface area contributed by atoms with E-state index in [1.165, 1.54) is 0 Å². The molecule has 1 aliphatic carbocycles. The highest BCUT2D eigenvalue weighted by Gasteiger charge is 2.34. The predicted molar refractivity (Wildman–Crippen MR) is 37.8 cm³/mol. The van der Waals surface area contributed by atoms with Gasteiger partial charge in [0.25, 0.3) is 0 Å². The van der Waals surface area contributed by atoms with Crippen LogP contribution in [0, 0.1) is 5.92 Å². The van der Waals surface area contributed by atoms with E-state index in [1.54, 1.807) is 0 Å². The highest BCUT2D eigenvalue weighted by molar-refractivity contribution is 4.85. The first-order valence-corrected chi connectivity index (χ1v) is 3.80. The van der Waals surface area contributed by atoms with Crippen LogP contribution in [-0.2, 0) is 0 Å². The summed E-state index contributed by atoms with van der Waals surface area (Å²) in [4.78, 5) is 0. The molecular formula is C7H14O4. The van der Waals surface area contributed by atoms with Crippen LogP contribution < -0.4 is 0 Å². The van der Waals surface area contributed by atoms with Gasteiger partial charge in [0.1, 0.15) is 0 Å². The maximum absolute atomic E-state index is 9.23. The third kappa shape index (κ3) is 1.90. The zero-order chi connectivity index (χ0) is 8.43. The standard InChI is InChI=1S/C7H14O4/c8-3-4-1-5(9)2-6(10)7(4)11/h4-11H,1-3H2/t4-,5-,6-,7-/m0/s1. The molecule has 1 fully saturated rings. The fraction of sp³-hybridized carbons (Fsp3) is 1.00. The number of aliphatic hydroxyl groups is 4. The van der Waals surface area contributed by atoms with Crippen molar-refractivity contribution in [1.82, 2.24) is 0 Å². The molecule has 0 spiro atoms. The molecule has 0 bridgehead atoms. The van der Waals surface area contributed by atoms with E-state index in [0.29, 0.717) is 6.42 Å². The lowest BCUT2D eigenvalue weighted by Crippen LogP contribution is -2.44. The van der Waals surface area contributed by atoms with Crippen molar-refractivity contribution < 1.29 is 20.4 Å². The lowest BCUT2D eigenvalue weighted by molar-refractivity contribution is -0.0944. The minimum Gasteiger partial charge on any atom is -0.396 e. The summed E-state index contributed by atoms with van der Waals surface area (Å²) in [6, 6.07) is 0. The fourth-order valence-corrected chi connectivity index (χ4v) is 1.50. The molecular weight excluding hydrogens is 148 g/mol. The molecule has 0 aromatic rings. The number of hydrogen-bond acceptors (Lipinski definition) is 4. The van der Waals surface area contributed by atoms with Gasteiger partial charge in [0.15, 0.2) is 0 Å². The molecule has 0 aromatic heterocycles. The lowest BCUT2D eigenvalue weighted by Gasteiger charge is -2.33. The van der Waals surface area contributed by atoms with E-state index in [4.69, 9.17) is 15.3 Å². The van der Waals surface area contributed by atoms with Crippen LogP contribution in [0.1, 0.15) is 12.8 Å². The molecule has 0 unspecified atom stereocenters. The maximum Gasteiger partial charge on any atom is 0.0851 e. The molecule has 1 rings (SSSR count). The second kappa shape index (κ2) is 3.49. The van der Waals surface area contributed by atoms with Crippen molar-refractivity contribution in [1.29, 1.82) is 0 Å². The second-order valence-electron chi connectivity index (χ2n) is 3.13. The van der Waals surface area contributed by atoms with Crippen molar-refractivity contribution in [3.8, 4) is 0 Å². The Bertz CT molecular complexity index is 128. The van der Waals surface area contributed by atoms with Crippen LogP contribution in [0.5, 0.6) is 0 Å². The molecule has 0 radical (unpaired) electrons. The molecule has 4 heteroatoms. The van der Waals surface area contributed by atoms with Crippen molar-refractivity contribution in [2.24, 2.45) is 5.92 Å². The van der Waals surface area contributed by atoms with Gasteiger partial charge in [-0.2, -0.15) is 0 Å². The Morgan fingerprint density at radius 1 is 1.09 bits per heavy atom. The number of aliphatic hydroxyl groups excluding tert-OH is 4. The van der Waals surface area contributed by atoms with E-state index in [-0.39, 0.29) is 18.9 Å². The summed E-state index contributed by atoms with van der Waals surface area (Å²) < 4.78 is 0. The third-order valence-electron chi connectivity index (χ3n) is 2.20. The Hall–Kier alpha value is -0.160. The zero-order valence-corrected chi connectivity index (χ0v) is 6.22. The average Bonchev–Trinajstić information content (AvgIpc) is 1.96. The molecule has 0 saturated heterocycles. The molecule has 0 aromatic carbocycles. The van der Waals surface area contributed by atoms with Crippen LogP contribution in [0.4, 0.5) is 0 Å². The van der Waals surface area contributed by atoms with Gasteiger partial charge in [-0.25, -0.2) is 0 Å². The number of rotatable bonds is 1. The summed E-state index contributed by atoms with van der Waals surface area (Å²) in [5.41, 5.74) is 0.